The first-order valence-electron chi connectivity index (χ1n) is 5.20. The highest BCUT2D eigenvalue weighted by Gasteiger charge is 2.19. The number of hydrogen-bond donors (Lipinski definition) is 1. The van der Waals surface area contributed by atoms with Gasteiger partial charge in [-0.1, -0.05) is 0 Å². The Bertz CT molecular complexity index is 357. The van der Waals surface area contributed by atoms with E-state index in [2.05, 4.69) is 22.8 Å². The molecule has 2 heteroatoms. The zero-order valence-electron chi connectivity index (χ0n) is 8.37. The average Bonchev–Trinajstić information content (AvgIpc) is 2.60. The second-order valence-corrected chi connectivity index (χ2v) is 3.86. The van der Waals surface area contributed by atoms with Crippen molar-refractivity contribution in [3.8, 4) is 12.3 Å². The van der Waals surface area contributed by atoms with E-state index in [0.29, 0.717) is 0 Å². The van der Waals surface area contributed by atoms with Gasteiger partial charge in [0, 0.05) is 30.9 Å². The summed E-state index contributed by atoms with van der Waals surface area (Å²) in [5.41, 5.74) is 8.76. The summed E-state index contributed by atoms with van der Waals surface area (Å²) in [5, 5.41) is 0. The quantitative estimate of drug-likeness (QED) is 0.705. The van der Waals surface area contributed by atoms with Crippen LogP contribution >= 0.6 is 0 Å². The van der Waals surface area contributed by atoms with Crippen LogP contribution in [0, 0.1) is 12.3 Å². The van der Waals surface area contributed by atoms with Gasteiger partial charge in [-0.3, -0.25) is 0 Å². The number of aromatic nitrogens is 1. The zero-order chi connectivity index (χ0) is 9.97. The first kappa shape index (κ1) is 9.36. The van der Waals surface area contributed by atoms with Crippen molar-refractivity contribution in [3.05, 3.63) is 23.5 Å². The number of rotatable bonds is 2. The number of terminal acetylenes is 1. The molecule has 74 valence electrons. The van der Waals surface area contributed by atoms with Gasteiger partial charge >= 0.3 is 0 Å². The second kappa shape index (κ2) is 3.89. The smallest absolute Gasteiger partial charge is 0.0332 e. The Morgan fingerprint density at radius 1 is 1.64 bits per heavy atom. The first-order chi connectivity index (χ1) is 6.83. The Hall–Kier alpha value is -1.20. The third kappa shape index (κ3) is 1.56. The van der Waals surface area contributed by atoms with E-state index in [9.17, 15) is 0 Å². The van der Waals surface area contributed by atoms with Gasteiger partial charge in [-0.2, -0.15) is 0 Å². The Labute approximate surface area is 85.1 Å². The molecule has 1 atom stereocenters. The molecule has 2 rings (SSSR count). The predicted molar refractivity (Wildman–Crippen MR) is 57.7 cm³/mol. The second-order valence-electron chi connectivity index (χ2n) is 3.86. The standard InChI is InChI=1S/C12H16N2/c1-2-3-8-14-9-7-10-11(13)5-4-6-12(10)14/h1,7,9,11H,3-6,8,13H2. The van der Waals surface area contributed by atoms with E-state index in [4.69, 9.17) is 12.2 Å². The van der Waals surface area contributed by atoms with Crippen LogP contribution in [-0.2, 0) is 13.0 Å². The summed E-state index contributed by atoms with van der Waals surface area (Å²) in [7, 11) is 0. The zero-order valence-corrected chi connectivity index (χ0v) is 8.37. The molecule has 0 aliphatic heterocycles. The molecule has 1 aromatic rings. The molecule has 1 aromatic heterocycles. The summed E-state index contributed by atoms with van der Waals surface area (Å²) in [4.78, 5) is 0. The number of fused-ring (bicyclic) bond motifs is 1. The van der Waals surface area contributed by atoms with Crippen LogP contribution in [0.3, 0.4) is 0 Å². The molecule has 0 spiro atoms. The Morgan fingerprint density at radius 2 is 2.50 bits per heavy atom. The molecule has 0 saturated carbocycles. The molecule has 2 N–H and O–H groups in total. The molecule has 1 aliphatic carbocycles. The minimum atomic E-state index is 0.242. The van der Waals surface area contributed by atoms with Gasteiger partial charge in [0.2, 0.25) is 0 Å². The number of hydrogen-bond acceptors (Lipinski definition) is 1. The average molecular weight is 188 g/mol. The van der Waals surface area contributed by atoms with E-state index in [0.717, 1.165) is 25.8 Å². The largest absolute Gasteiger partial charge is 0.350 e. The highest BCUT2D eigenvalue weighted by molar-refractivity contribution is 5.28. The van der Waals surface area contributed by atoms with Crippen molar-refractivity contribution in [3.63, 3.8) is 0 Å². The lowest BCUT2D eigenvalue weighted by atomic mass is 9.94. The fraction of sp³-hybridized carbons (Fsp3) is 0.500. The van der Waals surface area contributed by atoms with Crippen LogP contribution in [0.25, 0.3) is 0 Å². The van der Waals surface area contributed by atoms with Crippen molar-refractivity contribution in [2.24, 2.45) is 5.73 Å². The maximum atomic E-state index is 6.03. The van der Waals surface area contributed by atoms with Crippen LogP contribution < -0.4 is 5.73 Å². The molecule has 0 aromatic carbocycles. The van der Waals surface area contributed by atoms with Gasteiger partial charge in [0.25, 0.3) is 0 Å². The van der Waals surface area contributed by atoms with Gasteiger partial charge in [0.05, 0.1) is 0 Å². The fourth-order valence-corrected chi connectivity index (χ4v) is 2.19. The molecule has 1 heterocycles. The summed E-state index contributed by atoms with van der Waals surface area (Å²) >= 11 is 0. The summed E-state index contributed by atoms with van der Waals surface area (Å²) in [6, 6.07) is 2.39. The van der Waals surface area contributed by atoms with E-state index < -0.39 is 0 Å². The molecule has 1 unspecified atom stereocenters. The minimum Gasteiger partial charge on any atom is -0.350 e. The van der Waals surface area contributed by atoms with Crippen molar-refractivity contribution < 1.29 is 0 Å². The third-order valence-electron chi connectivity index (χ3n) is 2.94. The molecule has 0 radical (unpaired) electrons. The van der Waals surface area contributed by atoms with E-state index in [1.165, 1.54) is 17.7 Å². The van der Waals surface area contributed by atoms with Crippen LogP contribution in [-0.4, -0.2) is 4.57 Å². The lowest BCUT2D eigenvalue weighted by molar-refractivity contribution is 0.541. The SMILES string of the molecule is C#CCCn1ccc2c1CCCC2N. The highest BCUT2D eigenvalue weighted by atomic mass is 15.0. The molecular formula is C12H16N2. The van der Waals surface area contributed by atoms with E-state index in [1.807, 2.05) is 0 Å². The third-order valence-corrected chi connectivity index (χ3v) is 2.94. The number of nitrogens with two attached hydrogens (primary N) is 1. The fourth-order valence-electron chi connectivity index (χ4n) is 2.19. The van der Waals surface area contributed by atoms with Crippen molar-refractivity contribution in [2.75, 3.05) is 0 Å². The predicted octanol–water partition coefficient (Wildman–Crippen LogP) is 1.85. The first-order valence-corrected chi connectivity index (χ1v) is 5.20. The summed E-state index contributed by atoms with van der Waals surface area (Å²) in [6.07, 6.45) is 11.7. The normalized spacial score (nSPS) is 20.1. The summed E-state index contributed by atoms with van der Waals surface area (Å²) < 4.78 is 2.26. The Morgan fingerprint density at radius 3 is 3.29 bits per heavy atom. The molecular weight excluding hydrogens is 172 g/mol. The molecule has 2 nitrogen and oxygen atoms in total. The van der Waals surface area contributed by atoms with Crippen molar-refractivity contribution in [2.45, 2.75) is 38.3 Å². The van der Waals surface area contributed by atoms with Crippen molar-refractivity contribution in [1.82, 2.24) is 4.57 Å². The number of nitrogens with zero attached hydrogens (tertiary/aromatic N) is 1. The van der Waals surface area contributed by atoms with Gasteiger partial charge in [-0.05, 0) is 30.9 Å². The minimum absolute atomic E-state index is 0.242. The molecule has 0 saturated heterocycles. The van der Waals surface area contributed by atoms with Gasteiger partial charge in [0.15, 0.2) is 0 Å². The molecule has 1 aliphatic rings. The van der Waals surface area contributed by atoms with Gasteiger partial charge in [-0.25, -0.2) is 0 Å². The van der Waals surface area contributed by atoms with Crippen LogP contribution in [0.1, 0.15) is 36.6 Å². The van der Waals surface area contributed by atoms with Crippen LogP contribution in [0.2, 0.25) is 0 Å². The molecule has 0 bridgehead atoms. The van der Waals surface area contributed by atoms with Gasteiger partial charge < -0.3 is 10.3 Å². The van der Waals surface area contributed by atoms with Crippen LogP contribution in [0.15, 0.2) is 12.3 Å². The topological polar surface area (TPSA) is 30.9 Å². The molecule has 14 heavy (non-hydrogen) atoms. The monoisotopic (exact) mass is 188 g/mol. The van der Waals surface area contributed by atoms with Crippen molar-refractivity contribution >= 4 is 0 Å². The maximum absolute atomic E-state index is 6.03. The lowest BCUT2D eigenvalue weighted by Gasteiger charge is -2.20. The van der Waals surface area contributed by atoms with Crippen molar-refractivity contribution in [1.29, 1.82) is 0 Å². The van der Waals surface area contributed by atoms with Gasteiger partial charge in [-0.15, -0.1) is 12.3 Å². The van der Waals surface area contributed by atoms with Crippen LogP contribution in [0.5, 0.6) is 0 Å². The van der Waals surface area contributed by atoms with Crippen LogP contribution in [0.4, 0.5) is 0 Å². The Balaban J connectivity index is 2.23. The highest BCUT2D eigenvalue weighted by Crippen LogP contribution is 2.28. The summed E-state index contributed by atoms with van der Waals surface area (Å²) in [5.74, 6) is 2.67. The van der Waals surface area contributed by atoms with Gasteiger partial charge in [0.1, 0.15) is 0 Å². The van der Waals surface area contributed by atoms with E-state index >= 15 is 0 Å². The Kier molecular flexibility index (Phi) is 2.60. The number of aryl methyl sites for hydroxylation is 1. The summed E-state index contributed by atoms with van der Waals surface area (Å²) in [6.45, 7) is 0.929. The molecule has 0 amide bonds. The van der Waals surface area contributed by atoms with E-state index in [1.54, 1.807) is 0 Å². The maximum Gasteiger partial charge on any atom is 0.0332 e. The molecule has 0 fully saturated rings. The van der Waals surface area contributed by atoms with E-state index in [-0.39, 0.29) is 6.04 Å². The lowest BCUT2D eigenvalue weighted by Crippen LogP contribution is -2.18.